The number of carboxylic acid groups (broad SMARTS) is 1. The molecule has 1 heterocycles. The second-order valence-electron chi connectivity index (χ2n) is 4.86. The first kappa shape index (κ1) is 14.0. The van der Waals surface area contributed by atoms with E-state index in [9.17, 15) is 13.2 Å². The molecule has 1 aliphatic rings. The summed E-state index contributed by atoms with van der Waals surface area (Å²) in [5, 5.41) is 8.86. The van der Waals surface area contributed by atoms with Crippen molar-refractivity contribution < 1.29 is 18.3 Å². The summed E-state index contributed by atoms with van der Waals surface area (Å²) in [6.07, 6.45) is 3.60. The zero-order chi connectivity index (χ0) is 14.1. The maximum absolute atomic E-state index is 12.2. The van der Waals surface area contributed by atoms with Gasteiger partial charge in [0.1, 0.15) is 5.82 Å². The molecule has 0 aromatic carbocycles. The highest BCUT2D eigenvalue weighted by Gasteiger charge is 2.42. The minimum Gasteiger partial charge on any atom is -0.481 e. The number of sulfonamides is 1. The Bertz CT molecular complexity index is 575. The number of imidazole rings is 1. The first-order valence-corrected chi connectivity index (χ1v) is 7.65. The molecule has 3 N–H and O–H groups in total. The molecule has 0 saturated heterocycles. The third-order valence-corrected chi connectivity index (χ3v) is 4.87. The maximum atomic E-state index is 12.2. The van der Waals surface area contributed by atoms with Crippen molar-refractivity contribution in [3.8, 4) is 0 Å². The van der Waals surface area contributed by atoms with Gasteiger partial charge in [-0.05, 0) is 19.3 Å². The van der Waals surface area contributed by atoms with Crippen molar-refractivity contribution in [3.05, 3.63) is 12.0 Å². The van der Waals surface area contributed by atoms with Crippen LogP contribution in [-0.2, 0) is 21.2 Å². The first-order valence-electron chi connectivity index (χ1n) is 6.16. The normalized spacial score (nSPS) is 17.9. The number of nitrogens with zero attached hydrogens (tertiary/aromatic N) is 1. The number of aromatic amines is 1. The molecule has 1 aliphatic carbocycles. The predicted molar refractivity (Wildman–Crippen MR) is 67.1 cm³/mol. The van der Waals surface area contributed by atoms with Crippen LogP contribution < -0.4 is 4.72 Å². The van der Waals surface area contributed by atoms with E-state index in [0.29, 0.717) is 25.1 Å². The number of hydrogen-bond acceptors (Lipinski definition) is 4. The summed E-state index contributed by atoms with van der Waals surface area (Å²) in [6, 6.07) is 0. The van der Waals surface area contributed by atoms with Crippen LogP contribution in [0.1, 0.15) is 38.4 Å². The van der Waals surface area contributed by atoms with E-state index in [4.69, 9.17) is 5.11 Å². The summed E-state index contributed by atoms with van der Waals surface area (Å²) in [5.41, 5.74) is -0.845. The summed E-state index contributed by atoms with van der Waals surface area (Å²) < 4.78 is 26.9. The highest BCUT2D eigenvalue weighted by atomic mass is 32.2. The number of H-pyrrole nitrogens is 1. The largest absolute Gasteiger partial charge is 0.481 e. The topological polar surface area (TPSA) is 112 Å². The highest BCUT2D eigenvalue weighted by molar-refractivity contribution is 7.89. The zero-order valence-electron chi connectivity index (χ0n) is 10.6. The van der Waals surface area contributed by atoms with Crippen molar-refractivity contribution in [3.63, 3.8) is 0 Å². The van der Waals surface area contributed by atoms with Gasteiger partial charge in [-0.2, -0.15) is 0 Å². The minimum absolute atomic E-state index is 0.0130. The number of rotatable bonds is 6. The van der Waals surface area contributed by atoms with E-state index >= 15 is 0 Å². The summed E-state index contributed by atoms with van der Waals surface area (Å²) in [6.45, 7) is 1.86. The first-order chi connectivity index (χ1) is 8.87. The number of aromatic nitrogens is 2. The lowest BCUT2D eigenvalue weighted by Gasteiger charge is -2.40. The number of carboxylic acids is 1. The summed E-state index contributed by atoms with van der Waals surface area (Å²) >= 11 is 0. The van der Waals surface area contributed by atoms with Gasteiger partial charge >= 0.3 is 5.97 Å². The quantitative estimate of drug-likeness (QED) is 0.711. The Morgan fingerprint density at radius 1 is 1.58 bits per heavy atom. The van der Waals surface area contributed by atoms with Crippen LogP contribution in [0.2, 0.25) is 0 Å². The lowest BCUT2D eigenvalue weighted by atomic mass is 9.75. The number of aliphatic carboxylic acids is 1. The molecule has 0 bridgehead atoms. The van der Waals surface area contributed by atoms with Crippen LogP contribution in [0.25, 0.3) is 0 Å². The highest BCUT2D eigenvalue weighted by Crippen LogP contribution is 2.36. The Hall–Kier alpha value is -1.41. The number of aryl methyl sites for hydroxylation is 1. The standard InChI is InChI=1S/C11H17N3O4S/c1-2-8-12-7-9(13-8)19(17,18)14-11(4-3-5-11)6-10(15)16/h7,14H,2-6H2,1H3,(H,12,13)(H,15,16). The zero-order valence-corrected chi connectivity index (χ0v) is 11.5. The second kappa shape index (κ2) is 4.93. The van der Waals surface area contributed by atoms with Crippen molar-refractivity contribution in [2.75, 3.05) is 0 Å². The van der Waals surface area contributed by atoms with Gasteiger partial charge in [-0.15, -0.1) is 0 Å². The van der Waals surface area contributed by atoms with Crippen LogP contribution in [0.4, 0.5) is 0 Å². The Morgan fingerprint density at radius 3 is 2.68 bits per heavy atom. The molecule has 1 fully saturated rings. The second-order valence-corrected chi connectivity index (χ2v) is 6.51. The molecule has 0 spiro atoms. The number of hydrogen-bond donors (Lipinski definition) is 3. The van der Waals surface area contributed by atoms with Gasteiger partial charge in [-0.3, -0.25) is 4.79 Å². The molecule has 19 heavy (non-hydrogen) atoms. The molecule has 106 valence electrons. The molecule has 1 saturated carbocycles. The maximum Gasteiger partial charge on any atom is 0.305 e. The third-order valence-electron chi connectivity index (χ3n) is 3.38. The predicted octanol–water partition coefficient (Wildman–Crippen LogP) is 0.648. The number of carbonyl (C=O) groups is 1. The molecule has 0 unspecified atom stereocenters. The van der Waals surface area contributed by atoms with Crippen LogP contribution in [0.15, 0.2) is 11.2 Å². The van der Waals surface area contributed by atoms with E-state index in [1.807, 2.05) is 6.92 Å². The smallest absolute Gasteiger partial charge is 0.305 e. The Kier molecular flexibility index (Phi) is 3.64. The van der Waals surface area contributed by atoms with Crippen molar-refractivity contribution in [2.45, 2.75) is 49.6 Å². The van der Waals surface area contributed by atoms with Crippen molar-refractivity contribution in [1.29, 1.82) is 0 Å². The van der Waals surface area contributed by atoms with Crippen molar-refractivity contribution in [1.82, 2.24) is 14.7 Å². The van der Waals surface area contributed by atoms with Crippen LogP contribution >= 0.6 is 0 Å². The van der Waals surface area contributed by atoms with Gasteiger partial charge in [0, 0.05) is 12.0 Å². The van der Waals surface area contributed by atoms with Crippen LogP contribution in [-0.4, -0.2) is 35.0 Å². The SMILES string of the molecule is CCc1ncc(S(=O)(=O)NC2(CC(=O)O)CCC2)[nH]1. The van der Waals surface area contributed by atoms with Gasteiger partial charge in [-0.1, -0.05) is 6.92 Å². The van der Waals surface area contributed by atoms with Crippen LogP contribution in [0.5, 0.6) is 0 Å². The van der Waals surface area contributed by atoms with E-state index in [1.54, 1.807) is 0 Å². The fourth-order valence-corrected chi connectivity index (χ4v) is 3.61. The van der Waals surface area contributed by atoms with E-state index in [1.165, 1.54) is 6.20 Å². The van der Waals surface area contributed by atoms with Crippen LogP contribution in [0.3, 0.4) is 0 Å². The molecule has 1 aromatic rings. The summed E-state index contributed by atoms with van der Waals surface area (Å²) in [4.78, 5) is 17.5. The van der Waals surface area contributed by atoms with E-state index in [-0.39, 0.29) is 11.4 Å². The third kappa shape index (κ3) is 2.95. The molecule has 0 atom stereocenters. The van der Waals surface area contributed by atoms with E-state index < -0.39 is 21.5 Å². The average molecular weight is 287 g/mol. The Morgan fingerprint density at radius 2 is 2.26 bits per heavy atom. The van der Waals surface area contributed by atoms with Gasteiger partial charge < -0.3 is 10.1 Å². The van der Waals surface area contributed by atoms with Crippen molar-refractivity contribution in [2.24, 2.45) is 0 Å². The number of nitrogens with one attached hydrogen (secondary N) is 2. The molecule has 0 radical (unpaired) electrons. The van der Waals surface area contributed by atoms with Gasteiger partial charge in [0.25, 0.3) is 10.0 Å². The molecule has 0 amide bonds. The van der Waals surface area contributed by atoms with Gasteiger partial charge in [0.2, 0.25) is 0 Å². The lowest BCUT2D eigenvalue weighted by Crippen LogP contribution is -2.54. The Labute approximate surface area is 111 Å². The van der Waals surface area contributed by atoms with E-state index in [2.05, 4.69) is 14.7 Å². The van der Waals surface area contributed by atoms with Gasteiger partial charge in [0.15, 0.2) is 5.03 Å². The molecule has 7 nitrogen and oxygen atoms in total. The molecular weight excluding hydrogens is 270 g/mol. The Balaban J connectivity index is 2.18. The summed E-state index contributed by atoms with van der Waals surface area (Å²) in [5.74, 6) is -0.414. The fourth-order valence-electron chi connectivity index (χ4n) is 2.21. The molecule has 8 heteroatoms. The fraction of sp³-hybridized carbons (Fsp3) is 0.636. The molecule has 0 aliphatic heterocycles. The van der Waals surface area contributed by atoms with Gasteiger partial charge in [-0.25, -0.2) is 18.1 Å². The lowest BCUT2D eigenvalue weighted by molar-refractivity contribution is -0.139. The molecule has 2 rings (SSSR count). The average Bonchev–Trinajstić information content (AvgIpc) is 2.74. The minimum atomic E-state index is -3.75. The van der Waals surface area contributed by atoms with E-state index in [0.717, 1.165) is 6.42 Å². The monoisotopic (exact) mass is 287 g/mol. The summed E-state index contributed by atoms with van der Waals surface area (Å²) in [7, 11) is -3.75. The van der Waals surface area contributed by atoms with Crippen LogP contribution in [0, 0.1) is 0 Å². The molecule has 1 aromatic heterocycles. The molecular formula is C11H17N3O4S. The van der Waals surface area contributed by atoms with Gasteiger partial charge in [0.05, 0.1) is 12.6 Å². The van der Waals surface area contributed by atoms with Crippen molar-refractivity contribution >= 4 is 16.0 Å².